The average Bonchev–Trinajstić information content (AvgIpc) is 3.09. The molecule has 1 N–H and O–H groups in total. The van der Waals surface area contributed by atoms with Gasteiger partial charge in [-0.25, -0.2) is 0 Å². The number of aliphatic hydroxyl groups is 1. The topological polar surface area (TPSA) is 70.1 Å². The summed E-state index contributed by atoms with van der Waals surface area (Å²) in [4.78, 5) is 30.3. The molecular formula is C28H33ClN2O4. The number of carbonyl (C=O) groups excluding carboxylic acids is 2. The van der Waals surface area contributed by atoms with Crippen molar-refractivity contribution < 1.29 is 19.4 Å². The summed E-state index contributed by atoms with van der Waals surface area (Å²) < 4.78 is 5.42. The predicted octanol–water partition coefficient (Wildman–Crippen LogP) is 4.78. The van der Waals surface area contributed by atoms with Crippen molar-refractivity contribution in [2.45, 2.75) is 38.6 Å². The second-order valence-electron chi connectivity index (χ2n) is 10.2. The van der Waals surface area contributed by atoms with E-state index in [0.717, 1.165) is 37.2 Å². The number of rotatable bonds is 6. The molecule has 1 unspecified atom stereocenters. The molecule has 2 aromatic rings. The SMILES string of the molecule is CC(C)(C)c1ccc(C2/C(=C(/O)c3ccc(Cl)cc3)C(=O)C(=O)N2CCCN2CCOCC2)cc1. The van der Waals surface area contributed by atoms with Crippen LogP contribution in [0.15, 0.2) is 54.1 Å². The molecule has 2 aromatic carbocycles. The third kappa shape index (κ3) is 5.61. The molecule has 2 aliphatic heterocycles. The number of aliphatic hydroxyl groups excluding tert-OH is 1. The van der Waals surface area contributed by atoms with Crippen molar-refractivity contribution in [1.29, 1.82) is 0 Å². The Hall–Kier alpha value is -2.67. The monoisotopic (exact) mass is 496 g/mol. The highest BCUT2D eigenvalue weighted by Crippen LogP contribution is 2.40. The lowest BCUT2D eigenvalue weighted by molar-refractivity contribution is -0.140. The highest BCUT2D eigenvalue weighted by molar-refractivity contribution is 6.46. The number of amides is 1. The molecule has 0 radical (unpaired) electrons. The molecule has 6 nitrogen and oxygen atoms in total. The summed E-state index contributed by atoms with van der Waals surface area (Å²) >= 11 is 6.01. The zero-order valence-corrected chi connectivity index (χ0v) is 21.3. The smallest absolute Gasteiger partial charge is 0.295 e. The number of ketones is 1. The summed E-state index contributed by atoms with van der Waals surface area (Å²) in [6, 6.07) is 14.0. The number of likely N-dealkylation sites (tertiary alicyclic amines) is 1. The Morgan fingerprint density at radius 2 is 1.63 bits per heavy atom. The summed E-state index contributed by atoms with van der Waals surface area (Å²) in [7, 11) is 0. The molecule has 2 saturated heterocycles. The zero-order chi connectivity index (χ0) is 25.2. The van der Waals surface area contributed by atoms with Crippen LogP contribution < -0.4 is 0 Å². The molecule has 0 aromatic heterocycles. The molecule has 1 atom stereocenters. The highest BCUT2D eigenvalue weighted by Gasteiger charge is 2.45. The molecule has 0 bridgehead atoms. The quantitative estimate of drug-likeness (QED) is 0.354. The van der Waals surface area contributed by atoms with Crippen LogP contribution in [0.2, 0.25) is 5.02 Å². The predicted molar refractivity (Wildman–Crippen MR) is 137 cm³/mol. The van der Waals surface area contributed by atoms with Crippen LogP contribution in [0, 0.1) is 0 Å². The van der Waals surface area contributed by atoms with Crippen molar-refractivity contribution in [3.63, 3.8) is 0 Å². The van der Waals surface area contributed by atoms with Gasteiger partial charge in [0.05, 0.1) is 24.8 Å². The van der Waals surface area contributed by atoms with Crippen LogP contribution in [-0.2, 0) is 19.7 Å². The first-order chi connectivity index (χ1) is 16.7. The van der Waals surface area contributed by atoms with Crippen molar-refractivity contribution in [3.05, 3.63) is 75.8 Å². The Morgan fingerprint density at radius 3 is 2.23 bits per heavy atom. The summed E-state index contributed by atoms with van der Waals surface area (Å²) in [5.74, 6) is -1.42. The Kier molecular flexibility index (Phi) is 7.64. The zero-order valence-electron chi connectivity index (χ0n) is 20.6. The van der Waals surface area contributed by atoms with Crippen LogP contribution in [0.4, 0.5) is 0 Å². The van der Waals surface area contributed by atoms with E-state index in [9.17, 15) is 14.7 Å². The molecule has 2 aliphatic rings. The van der Waals surface area contributed by atoms with E-state index in [1.54, 1.807) is 29.2 Å². The maximum Gasteiger partial charge on any atom is 0.295 e. The Labute approximate surface area is 212 Å². The Balaban J connectivity index is 1.68. The lowest BCUT2D eigenvalue weighted by Crippen LogP contribution is -2.39. The normalized spacial score (nSPS) is 21.0. The molecule has 0 aliphatic carbocycles. The standard InChI is InChI=1S/C28H33ClN2O4/c1-28(2,3)21-9-5-19(6-10-21)24-23(25(32)20-7-11-22(29)12-8-20)26(33)27(34)31(24)14-4-13-30-15-17-35-18-16-30/h5-12,24,32H,4,13-18H2,1-3H3/b25-23-. The third-order valence-electron chi connectivity index (χ3n) is 6.73. The van der Waals surface area contributed by atoms with Gasteiger partial charge in [-0.15, -0.1) is 0 Å². The van der Waals surface area contributed by atoms with Gasteiger partial charge in [0.2, 0.25) is 0 Å². The molecule has 2 heterocycles. The van der Waals surface area contributed by atoms with Gasteiger partial charge < -0.3 is 14.7 Å². The van der Waals surface area contributed by atoms with E-state index in [0.29, 0.717) is 30.3 Å². The Morgan fingerprint density at radius 1 is 1.00 bits per heavy atom. The minimum absolute atomic E-state index is 0.0260. The lowest BCUT2D eigenvalue weighted by atomic mass is 9.85. The fourth-order valence-electron chi connectivity index (χ4n) is 4.68. The fourth-order valence-corrected chi connectivity index (χ4v) is 4.80. The van der Waals surface area contributed by atoms with Gasteiger partial charge in [0.15, 0.2) is 0 Å². The van der Waals surface area contributed by atoms with Crippen molar-refractivity contribution >= 4 is 29.1 Å². The summed E-state index contributed by atoms with van der Waals surface area (Å²) in [5.41, 5.74) is 2.51. The highest BCUT2D eigenvalue weighted by atomic mass is 35.5. The second-order valence-corrected chi connectivity index (χ2v) is 10.6. The van der Waals surface area contributed by atoms with Crippen molar-refractivity contribution in [1.82, 2.24) is 9.80 Å². The van der Waals surface area contributed by atoms with E-state index in [4.69, 9.17) is 16.3 Å². The second kappa shape index (κ2) is 10.5. The summed E-state index contributed by atoms with van der Waals surface area (Å²) in [6.07, 6.45) is 0.727. The number of hydrogen-bond acceptors (Lipinski definition) is 5. The molecule has 0 spiro atoms. The first-order valence-corrected chi connectivity index (χ1v) is 12.5. The minimum Gasteiger partial charge on any atom is -0.507 e. The molecule has 4 rings (SSSR count). The number of halogens is 1. The molecule has 186 valence electrons. The van der Waals surface area contributed by atoms with E-state index in [2.05, 4.69) is 25.7 Å². The number of benzene rings is 2. The van der Waals surface area contributed by atoms with Gasteiger partial charge in [0, 0.05) is 36.8 Å². The fraction of sp³-hybridized carbons (Fsp3) is 0.429. The maximum atomic E-state index is 13.2. The number of carbonyl (C=O) groups is 2. The van der Waals surface area contributed by atoms with Crippen LogP contribution >= 0.6 is 11.6 Å². The van der Waals surface area contributed by atoms with Crippen LogP contribution in [0.1, 0.15) is 49.9 Å². The first kappa shape index (κ1) is 25.4. The number of hydrogen-bond donors (Lipinski definition) is 1. The Bertz CT molecular complexity index is 1100. The molecular weight excluding hydrogens is 464 g/mol. The molecule has 35 heavy (non-hydrogen) atoms. The van der Waals surface area contributed by atoms with E-state index in [1.807, 2.05) is 24.3 Å². The number of ether oxygens (including phenoxy) is 1. The van der Waals surface area contributed by atoms with Crippen molar-refractivity contribution in [3.8, 4) is 0 Å². The van der Waals surface area contributed by atoms with E-state index < -0.39 is 17.7 Å². The van der Waals surface area contributed by atoms with Crippen molar-refractivity contribution in [2.75, 3.05) is 39.4 Å². The van der Waals surface area contributed by atoms with Gasteiger partial charge in [-0.05, 0) is 47.2 Å². The molecule has 0 saturated carbocycles. The first-order valence-electron chi connectivity index (χ1n) is 12.1. The molecule has 2 fully saturated rings. The van der Waals surface area contributed by atoms with Crippen LogP contribution in [0.3, 0.4) is 0 Å². The van der Waals surface area contributed by atoms with Gasteiger partial charge in [-0.2, -0.15) is 0 Å². The largest absolute Gasteiger partial charge is 0.507 e. The van der Waals surface area contributed by atoms with E-state index >= 15 is 0 Å². The third-order valence-corrected chi connectivity index (χ3v) is 6.98. The van der Waals surface area contributed by atoms with Gasteiger partial charge in [-0.1, -0.05) is 56.6 Å². The summed E-state index contributed by atoms with van der Waals surface area (Å²) in [6.45, 7) is 10.8. The molecule has 7 heteroatoms. The molecule has 1 amide bonds. The summed E-state index contributed by atoms with van der Waals surface area (Å²) in [5, 5.41) is 11.7. The maximum absolute atomic E-state index is 13.2. The lowest BCUT2D eigenvalue weighted by Gasteiger charge is -2.29. The van der Waals surface area contributed by atoms with E-state index in [-0.39, 0.29) is 16.7 Å². The average molecular weight is 497 g/mol. The number of nitrogens with zero attached hydrogens (tertiary/aromatic N) is 2. The van der Waals surface area contributed by atoms with Crippen molar-refractivity contribution in [2.24, 2.45) is 0 Å². The number of Topliss-reactive ketones (excluding diaryl/α,β-unsaturated/α-hetero) is 1. The van der Waals surface area contributed by atoms with Crippen LogP contribution in [0.5, 0.6) is 0 Å². The van der Waals surface area contributed by atoms with Gasteiger partial charge in [0.25, 0.3) is 11.7 Å². The van der Waals surface area contributed by atoms with Crippen LogP contribution in [-0.4, -0.2) is 66.0 Å². The van der Waals surface area contributed by atoms with Gasteiger partial charge in [-0.3, -0.25) is 14.5 Å². The number of morpholine rings is 1. The van der Waals surface area contributed by atoms with Gasteiger partial charge in [0.1, 0.15) is 5.76 Å². The minimum atomic E-state index is -0.659. The van der Waals surface area contributed by atoms with E-state index in [1.165, 1.54) is 0 Å². The van der Waals surface area contributed by atoms with Gasteiger partial charge >= 0.3 is 0 Å². The van der Waals surface area contributed by atoms with Crippen LogP contribution in [0.25, 0.3) is 5.76 Å².